The summed E-state index contributed by atoms with van der Waals surface area (Å²) < 4.78 is 0. The highest BCUT2D eigenvalue weighted by molar-refractivity contribution is 6.21. The van der Waals surface area contributed by atoms with E-state index in [1.165, 1.54) is 0 Å². The number of aliphatic hydroxyl groups excluding tert-OH is 2. The average molecular weight is 196 g/mol. The third kappa shape index (κ3) is 1.55. The summed E-state index contributed by atoms with van der Waals surface area (Å²) in [5.41, 5.74) is -0.320. The van der Waals surface area contributed by atoms with Crippen molar-refractivity contribution in [1.82, 2.24) is 0 Å². The van der Waals surface area contributed by atoms with E-state index in [1.54, 1.807) is 20.8 Å². The van der Waals surface area contributed by atoms with Crippen molar-refractivity contribution in [1.29, 1.82) is 0 Å². The molecule has 0 spiro atoms. The van der Waals surface area contributed by atoms with Crippen LogP contribution in [-0.4, -0.2) is 21.8 Å². The lowest BCUT2D eigenvalue weighted by Gasteiger charge is -2.23. The van der Waals surface area contributed by atoms with Gasteiger partial charge in [-0.3, -0.25) is 9.59 Å². The average Bonchev–Trinajstić information content (AvgIpc) is 2.06. The second-order valence-electron chi connectivity index (χ2n) is 4.20. The number of allylic oxidation sites excluding steroid dienone is 2. The number of carbonyl (C=O) groups excluding carboxylic acids is 2. The summed E-state index contributed by atoms with van der Waals surface area (Å²) in [6.45, 7) is 5.25. The van der Waals surface area contributed by atoms with Gasteiger partial charge in [-0.05, 0) is 11.5 Å². The fraction of sp³-hybridized carbons (Fsp3) is 0.400. The molecule has 0 bridgehead atoms. The molecule has 4 heteroatoms. The summed E-state index contributed by atoms with van der Waals surface area (Å²) in [7, 11) is 0. The highest BCUT2D eigenvalue weighted by atomic mass is 16.3. The number of carbonyl (C=O) groups is 2. The molecule has 0 heterocycles. The van der Waals surface area contributed by atoms with Crippen LogP contribution in [0.4, 0.5) is 0 Å². The van der Waals surface area contributed by atoms with Crippen molar-refractivity contribution in [2.75, 3.05) is 0 Å². The molecule has 1 aliphatic carbocycles. The Morgan fingerprint density at radius 2 is 1.57 bits per heavy atom. The van der Waals surface area contributed by atoms with Gasteiger partial charge in [0.05, 0.1) is 0 Å². The van der Waals surface area contributed by atoms with Gasteiger partial charge in [-0.2, -0.15) is 0 Å². The fourth-order valence-electron chi connectivity index (χ4n) is 1.17. The van der Waals surface area contributed by atoms with E-state index < -0.39 is 28.5 Å². The van der Waals surface area contributed by atoms with Crippen molar-refractivity contribution >= 4 is 11.6 Å². The molecule has 4 nitrogen and oxygen atoms in total. The van der Waals surface area contributed by atoms with E-state index in [0.717, 1.165) is 6.08 Å². The van der Waals surface area contributed by atoms with E-state index in [1.807, 2.05) is 0 Å². The van der Waals surface area contributed by atoms with Gasteiger partial charge in [-0.1, -0.05) is 20.8 Å². The molecular weight excluding hydrogens is 184 g/mol. The Morgan fingerprint density at radius 1 is 1.07 bits per heavy atom. The lowest BCUT2D eigenvalue weighted by atomic mass is 9.80. The van der Waals surface area contributed by atoms with Crippen LogP contribution in [0, 0.1) is 5.41 Å². The zero-order valence-corrected chi connectivity index (χ0v) is 8.29. The summed E-state index contributed by atoms with van der Waals surface area (Å²) in [4.78, 5) is 22.6. The number of rotatable bonds is 0. The molecule has 0 aliphatic heterocycles. The second-order valence-corrected chi connectivity index (χ2v) is 4.20. The summed E-state index contributed by atoms with van der Waals surface area (Å²) in [5, 5.41) is 18.2. The van der Waals surface area contributed by atoms with Crippen LogP contribution in [0.5, 0.6) is 0 Å². The third-order valence-electron chi connectivity index (χ3n) is 2.00. The van der Waals surface area contributed by atoms with Crippen LogP contribution in [0.2, 0.25) is 0 Å². The summed E-state index contributed by atoms with van der Waals surface area (Å²) in [6, 6.07) is 0. The monoisotopic (exact) mass is 196 g/mol. The number of ketones is 2. The number of aliphatic hydroxyl groups is 2. The zero-order valence-electron chi connectivity index (χ0n) is 8.29. The molecule has 0 aromatic rings. The first-order valence-electron chi connectivity index (χ1n) is 4.18. The maximum absolute atomic E-state index is 11.4. The number of Topliss-reactive ketones (excluding diaryl/α,β-unsaturated/α-hetero) is 1. The molecule has 0 aromatic heterocycles. The molecule has 0 unspecified atom stereocenters. The smallest absolute Gasteiger partial charge is 0.228 e. The molecule has 76 valence electrons. The van der Waals surface area contributed by atoms with Crippen LogP contribution in [0.15, 0.2) is 23.2 Å². The quantitative estimate of drug-likeness (QED) is 0.575. The van der Waals surface area contributed by atoms with Crippen molar-refractivity contribution < 1.29 is 19.8 Å². The maximum atomic E-state index is 11.4. The molecule has 1 rings (SSSR count). The van der Waals surface area contributed by atoms with Gasteiger partial charge in [0.25, 0.3) is 0 Å². The lowest BCUT2D eigenvalue weighted by molar-refractivity contribution is -0.120. The van der Waals surface area contributed by atoms with Crippen LogP contribution in [0.25, 0.3) is 0 Å². The van der Waals surface area contributed by atoms with E-state index in [0.29, 0.717) is 0 Å². The van der Waals surface area contributed by atoms with E-state index in [9.17, 15) is 9.59 Å². The molecule has 1 aliphatic rings. The Kier molecular flexibility index (Phi) is 2.23. The molecule has 0 aromatic carbocycles. The van der Waals surface area contributed by atoms with Crippen molar-refractivity contribution in [2.45, 2.75) is 20.8 Å². The van der Waals surface area contributed by atoms with Gasteiger partial charge in [0.2, 0.25) is 23.1 Å². The minimum atomic E-state index is -0.872. The molecule has 0 radical (unpaired) electrons. The SMILES string of the molecule is CC(C)(C)C1=CC(=O)C(O)=C(O)C1=O. The van der Waals surface area contributed by atoms with Crippen LogP contribution < -0.4 is 0 Å². The highest BCUT2D eigenvalue weighted by Crippen LogP contribution is 2.30. The Hall–Kier alpha value is -1.58. The molecule has 0 saturated carbocycles. The maximum Gasteiger partial charge on any atom is 0.228 e. The van der Waals surface area contributed by atoms with Gasteiger partial charge >= 0.3 is 0 Å². The van der Waals surface area contributed by atoms with Gasteiger partial charge in [0.1, 0.15) is 0 Å². The standard InChI is InChI=1S/C10H12O4/c1-10(2,3)5-4-6(11)8(13)9(14)7(5)12/h4,13-14H,1-3H3. The lowest BCUT2D eigenvalue weighted by Crippen LogP contribution is -2.26. The van der Waals surface area contributed by atoms with E-state index in [4.69, 9.17) is 10.2 Å². The predicted octanol–water partition coefficient (Wildman–Crippen LogP) is 1.44. The van der Waals surface area contributed by atoms with Crippen LogP contribution in [0.3, 0.4) is 0 Å². The van der Waals surface area contributed by atoms with Crippen LogP contribution in [0.1, 0.15) is 20.8 Å². The highest BCUT2D eigenvalue weighted by Gasteiger charge is 2.34. The second kappa shape index (κ2) is 2.97. The number of hydrogen-bond acceptors (Lipinski definition) is 4. The summed E-state index contributed by atoms with van der Waals surface area (Å²) in [6.07, 6.45) is 1.07. The van der Waals surface area contributed by atoms with Gasteiger partial charge in [-0.25, -0.2) is 0 Å². The zero-order chi connectivity index (χ0) is 11.1. The molecule has 0 atom stereocenters. The summed E-state index contributed by atoms with van der Waals surface area (Å²) in [5.74, 6) is -3.15. The fourth-order valence-corrected chi connectivity index (χ4v) is 1.17. The van der Waals surface area contributed by atoms with Gasteiger partial charge < -0.3 is 10.2 Å². The van der Waals surface area contributed by atoms with Crippen molar-refractivity contribution in [3.8, 4) is 0 Å². The minimum absolute atomic E-state index is 0.206. The molecule has 14 heavy (non-hydrogen) atoms. The van der Waals surface area contributed by atoms with Crippen molar-refractivity contribution in [3.05, 3.63) is 23.2 Å². The van der Waals surface area contributed by atoms with E-state index in [-0.39, 0.29) is 5.57 Å². The topological polar surface area (TPSA) is 74.6 Å². The Morgan fingerprint density at radius 3 is 2.00 bits per heavy atom. The summed E-state index contributed by atoms with van der Waals surface area (Å²) >= 11 is 0. The first-order valence-corrected chi connectivity index (χ1v) is 4.18. The number of hydrogen-bond donors (Lipinski definition) is 2. The van der Waals surface area contributed by atoms with Gasteiger partial charge in [0, 0.05) is 5.57 Å². The van der Waals surface area contributed by atoms with Crippen molar-refractivity contribution in [2.24, 2.45) is 5.41 Å². The molecule has 0 fully saturated rings. The first-order chi connectivity index (χ1) is 6.25. The molecule has 0 saturated heterocycles. The Bertz CT molecular complexity index is 366. The predicted molar refractivity (Wildman–Crippen MR) is 49.8 cm³/mol. The third-order valence-corrected chi connectivity index (χ3v) is 2.00. The first kappa shape index (κ1) is 10.5. The molecular formula is C10H12O4. The van der Waals surface area contributed by atoms with E-state index in [2.05, 4.69) is 0 Å². The Labute approximate surface area is 81.6 Å². The van der Waals surface area contributed by atoms with Crippen LogP contribution in [-0.2, 0) is 9.59 Å². The van der Waals surface area contributed by atoms with Gasteiger partial charge in [-0.15, -0.1) is 0 Å². The van der Waals surface area contributed by atoms with E-state index >= 15 is 0 Å². The molecule has 0 amide bonds. The normalized spacial score (nSPS) is 18.6. The largest absolute Gasteiger partial charge is 0.501 e. The van der Waals surface area contributed by atoms with Crippen molar-refractivity contribution in [3.63, 3.8) is 0 Å². The molecule has 2 N–H and O–H groups in total. The Balaban J connectivity index is 3.24. The van der Waals surface area contributed by atoms with Gasteiger partial charge in [0.15, 0.2) is 0 Å². The van der Waals surface area contributed by atoms with Crippen LogP contribution >= 0.6 is 0 Å². The minimum Gasteiger partial charge on any atom is -0.501 e.